The van der Waals surface area contributed by atoms with Crippen molar-refractivity contribution in [2.45, 2.75) is 0 Å². The molecule has 0 aliphatic heterocycles. The fourth-order valence-corrected chi connectivity index (χ4v) is 0.974. The number of hydrogen-bond acceptors (Lipinski definition) is 3. The molecule has 0 radical (unpaired) electrons. The second-order valence-corrected chi connectivity index (χ2v) is 2.54. The fourth-order valence-electron chi connectivity index (χ4n) is 0.974. The Balaban J connectivity index is 2.41. The zero-order valence-corrected chi connectivity index (χ0v) is 6.68. The predicted octanol–water partition coefficient (Wildman–Crippen LogP) is 0.989. The summed E-state index contributed by atoms with van der Waals surface area (Å²) in [6.07, 6.45) is 1.43. The summed E-state index contributed by atoms with van der Waals surface area (Å²) in [6, 6.07) is 5.84. The molecular weight excluding hydrogens is 171 g/mol. The molecule has 0 fully saturated rings. The van der Waals surface area contributed by atoms with E-state index in [4.69, 9.17) is 5.73 Å². The molecule has 0 aliphatic rings. The lowest BCUT2D eigenvalue weighted by Crippen LogP contribution is -1.98. The molecule has 13 heavy (non-hydrogen) atoms. The van der Waals surface area contributed by atoms with Crippen LogP contribution in [0.1, 0.15) is 0 Å². The quantitative estimate of drug-likeness (QED) is 0.708. The molecule has 0 saturated carbocycles. The van der Waals surface area contributed by atoms with E-state index in [9.17, 15) is 4.39 Å². The Bertz CT molecular complexity index is 406. The SMILES string of the molecule is Nc1cnn(-c2ccc(F)cc2)n1. The third-order valence-electron chi connectivity index (χ3n) is 1.57. The predicted molar refractivity (Wildman–Crippen MR) is 45.7 cm³/mol. The van der Waals surface area contributed by atoms with E-state index in [-0.39, 0.29) is 5.82 Å². The molecule has 0 amide bonds. The zero-order chi connectivity index (χ0) is 9.26. The van der Waals surface area contributed by atoms with Crippen LogP contribution in [0, 0.1) is 5.82 Å². The van der Waals surface area contributed by atoms with Crippen LogP contribution in [0.5, 0.6) is 0 Å². The van der Waals surface area contributed by atoms with Crippen LogP contribution in [0.25, 0.3) is 5.69 Å². The van der Waals surface area contributed by atoms with Crippen molar-refractivity contribution in [1.82, 2.24) is 15.0 Å². The van der Waals surface area contributed by atoms with Gasteiger partial charge in [-0.15, -0.1) is 9.90 Å². The highest BCUT2D eigenvalue weighted by Gasteiger charge is 1.99. The van der Waals surface area contributed by atoms with Crippen molar-refractivity contribution < 1.29 is 4.39 Å². The number of anilines is 1. The Labute approximate surface area is 73.8 Å². The van der Waals surface area contributed by atoms with Gasteiger partial charge in [-0.1, -0.05) is 0 Å². The van der Waals surface area contributed by atoms with E-state index in [1.165, 1.54) is 23.1 Å². The first kappa shape index (κ1) is 7.72. The van der Waals surface area contributed by atoms with Crippen molar-refractivity contribution in [3.8, 4) is 5.69 Å². The van der Waals surface area contributed by atoms with E-state index >= 15 is 0 Å². The van der Waals surface area contributed by atoms with Gasteiger partial charge in [-0.2, -0.15) is 5.10 Å². The largest absolute Gasteiger partial charge is 0.381 e. The molecule has 1 aromatic carbocycles. The molecule has 0 saturated heterocycles. The standard InChI is InChI=1S/C8H7FN4/c9-6-1-3-7(4-2-6)13-11-5-8(10)12-13/h1-5H,(H2,10,12). The normalized spacial score (nSPS) is 10.2. The molecule has 2 aromatic rings. The molecule has 0 aliphatic carbocycles. The summed E-state index contributed by atoms with van der Waals surface area (Å²) in [7, 11) is 0. The molecule has 2 N–H and O–H groups in total. The van der Waals surface area contributed by atoms with Gasteiger partial charge in [0.05, 0.1) is 11.9 Å². The Hall–Kier alpha value is -1.91. The zero-order valence-electron chi connectivity index (χ0n) is 6.68. The summed E-state index contributed by atoms with van der Waals surface area (Å²) in [5, 5.41) is 7.75. The average molecular weight is 178 g/mol. The minimum Gasteiger partial charge on any atom is -0.381 e. The lowest BCUT2D eigenvalue weighted by molar-refractivity contribution is 0.626. The molecule has 1 aromatic heterocycles. The third kappa shape index (κ3) is 1.48. The molecule has 66 valence electrons. The summed E-state index contributed by atoms with van der Waals surface area (Å²) >= 11 is 0. The van der Waals surface area contributed by atoms with Gasteiger partial charge in [0.25, 0.3) is 0 Å². The number of hydrogen-bond donors (Lipinski definition) is 1. The third-order valence-corrected chi connectivity index (χ3v) is 1.57. The summed E-state index contributed by atoms with van der Waals surface area (Å²) in [5.41, 5.74) is 6.06. The van der Waals surface area contributed by atoms with Crippen molar-refractivity contribution in [3.05, 3.63) is 36.3 Å². The van der Waals surface area contributed by atoms with Gasteiger partial charge in [0.15, 0.2) is 5.82 Å². The topological polar surface area (TPSA) is 56.7 Å². The Morgan fingerprint density at radius 2 is 1.92 bits per heavy atom. The Morgan fingerprint density at radius 3 is 2.46 bits per heavy atom. The maximum Gasteiger partial charge on any atom is 0.166 e. The first-order valence-corrected chi connectivity index (χ1v) is 3.69. The van der Waals surface area contributed by atoms with Gasteiger partial charge in [0.1, 0.15) is 5.82 Å². The first-order valence-electron chi connectivity index (χ1n) is 3.69. The average Bonchev–Trinajstić information content (AvgIpc) is 2.53. The van der Waals surface area contributed by atoms with Crippen molar-refractivity contribution in [3.63, 3.8) is 0 Å². The smallest absolute Gasteiger partial charge is 0.166 e. The highest BCUT2D eigenvalue weighted by atomic mass is 19.1. The van der Waals surface area contributed by atoms with E-state index in [0.717, 1.165) is 0 Å². The second kappa shape index (κ2) is 2.85. The molecule has 0 spiro atoms. The highest BCUT2D eigenvalue weighted by molar-refractivity contribution is 5.31. The minimum absolute atomic E-state index is 0.288. The van der Waals surface area contributed by atoms with Crippen LogP contribution in [-0.2, 0) is 0 Å². The number of halogens is 1. The first-order chi connectivity index (χ1) is 6.25. The summed E-state index contributed by atoms with van der Waals surface area (Å²) in [6.45, 7) is 0. The molecule has 5 heteroatoms. The maximum atomic E-state index is 12.5. The van der Waals surface area contributed by atoms with Crippen LogP contribution < -0.4 is 5.73 Å². The van der Waals surface area contributed by atoms with Crippen molar-refractivity contribution in [2.75, 3.05) is 5.73 Å². The van der Waals surface area contributed by atoms with Crippen LogP contribution in [0.2, 0.25) is 0 Å². The summed E-state index contributed by atoms with van der Waals surface area (Å²) in [4.78, 5) is 1.34. The fraction of sp³-hybridized carbons (Fsp3) is 0. The van der Waals surface area contributed by atoms with Crippen molar-refractivity contribution in [2.24, 2.45) is 0 Å². The number of nitrogen functional groups attached to an aromatic ring is 1. The van der Waals surface area contributed by atoms with Crippen LogP contribution >= 0.6 is 0 Å². The summed E-state index contributed by atoms with van der Waals surface area (Å²) in [5.74, 6) is 0.0493. The molecule has 0 bridgehead atoms. The lowest BCUT2D eigenvalue weighted by Gasteiger charge is -1.97. The van der Waals surface area contributed by atoms with Gasteiger partial charge in [-0.25, -0.2) is 4.39 Å². The van der Waals surface area contributed by atoms with E-state index in [1.54, 1.807) is 12.1 Å². The lowest BCUT2D eigenvalue weighted by atomic mass is 10.3. The number of rotatable bonds is 1. The van der Waals surface area contributed by atoms with Gasteiger partial charge in [0, 0.05) is 0 Å². The highest BCUT2D eigenvalue weighted by Crippen LogP contribution is 2.06. The van der Waals surface area contributed by atoms with Gasteiger partial charge in [-0.05, 0) is 24.3 Å². The molecule has 2 rings (SSSR count). The molecular formula is C8H7FN4. The van der Waals surface area contributed by atoms with Gasteiger partial charge in [-0.3, -0.25) is 0 Å². The second-order valence-electron chi connectivity index (χ2n) is 2.54. The number of nitrogens with two attached hydrogens (primary N) is 1. The van der Waals surface area contributed by atoms with Gasteiger partial charge in [0.2, 0.25) is 0 Å². The van der Waals surface area contributed by atoms with E-state index in [0.29, 0.717) is 11.5 Å². The maximum absolute atomic E-state index is 12.5. The van der Waals surface area contributed by atoms with E-state index in [2.05, 4.69) is 10.2 Å². The number of benzene rings is 1. The number of aromatic nitrogens is 3. The van der Waals surface area contributed by atoms with E-state index in [1.807, 2.05) is 0 Å². The van der Waals surface area contributed by atoms with Crippen LogP contribution in [0.4, 0.5) is 10.2 Å². The molecule has 0 unspecified atom stereocenters. The molecule has 4 nitrogen and oxygen atoms in total. The summed E-state index contributed by atoms with van der Waals surface area (Å²) < 4.78 is 12.5. The van der Waals surface area contributed by atoms with Gasteiger partial charge >= 0.3 is 0 Å². The van der Waals surface area contributed by atoms with Crippen molar-refractivity contribution >= 4 is 5.82 Å². The molecule has 1 heterocycles. The molecule has 0 atom stereocenters. The van der Waals surface area contributed by atoms with Crippen LogP contribution in [0.3, 0.4) is 0 Å². The minimum atomic E-state index is -0.288. The van der Waals surface area contributed by atoms with E-state index < -0.39 is 0 Å². The van der Waals surface area contributed by atoms with Gasteiger partial charge < -0.3 is 5.73 Å². The Morgan fingerprint density at radius 1 is 1.23 bits per heavy atom. The van der Waals surface area contributed by atoms with Crippen LogP contribution in [-0.4, -0.2) is 15.0 Å². The Kier molecular flexibility index (Phi) is 1.70. The monoisotopic (exact) mass is 178 g/mol. The van der Waals surface area contributed by atoms with Crippen molar-refractivity contribution in [1.29, 1.82) is 0 Å². The number of nitrogens with zero attached hydrogens (tertiary/aromatic N) is 3. The van der Waals surface area contributed by atoms with Crippen LogP contribution in [0.15, 0.2) is 30.5 Å².